The molecule has 84 valence electrons. The average molecular weight is 207 g/mol. The first kappa shape index (κ1) is 12.0. The van der Waals surface area contributed by atoms with E-state index >= 15 is 0 Å². The van der Waals surface area contributed by atoms with Crippen LogP contribution in [0.2, 0.25) is 0 Å². The van der Waals surface area contributed by atoms with Crippen molar-refractivity contribution in [3.05, 3.63) is 30.9 Å². The van der Waals surface area contributed by atoms with Crippen molar-refractivity contribution in [2.45, 2.75) is 32.2 Å². The van der Waals surface area contributed by atoms with E-state index in [2.05, 4.69) is 28.4 Å². The van der Waals surface area contributed by atoms with Crippen LogP contribution in [-0.2, 0) is 13.5 Å². The van der Waals surface area contributed by atoms with Crippen LogP contribution in [0.1, 0.15) is 25.6 Å². The van der Waals surface area contributed by atoms with Crippen molar-refractivity contribution in [3.8, 4) is 0 Å². The van der Waals surface area contributed by atoms with Gasteiger partial charge in [0.2, 0.25) is 0 Å². The van der Waals surface area contributed by atoms with Crippen LogP contribution in [0, 0.1) is 0 Å². The van der Waals surface area contributed by atoms with Gasteiger partial charge in [0, 0.05) is 31.9 Å². The highest BCUT2D eigenvalue weighted by molar-refractivity contribution is 4.96. The van der Waals surface area contributed by atoms with E-state index in [9.17, 15) is 0 Å². The van der Waals surface area contributed by atoms with Crippen molar-refractivity contribution in [1.29, 1.82) is 0 Å². The van der Waals surface area contributed by atoms with Gasteiger partial charge >= 0.3 is 0 Å². The van der Waals surface area contributed by atoms with E-state index in [-0.39, 0.29) is 0 Å². The van der Waals surface area contributed by atoms with E-state index in [1.54, 1.807) is 0 Å². The van der Waals surface area contributed by atoms with Gasteiger partial charge in [-0.3, -0.25) is 0 Å². The van der Waals surface area contributed by atoms with Gasteiger partial charge in [0.1, 0.15) is 5.82 Å². The Kier molecular flexibility index (Phi) is 5.12. The summed E-state index contributed by atoms with van der Waals surface area (Å²) in [6.45, 7) is 7.03. The lowest BCUT2D eigenvalue weighted by Crippen LogP contribution is -2.32. The molecule has 1 rings (SSSR count). The maximum Gasteiger partial charge on any atom is 0.109 e. The first-order valence-corrected chi connectivity index (χ1v) is 5.58. The van der Waals surface area contributed by atoms with Crippen LogP contribution in [-0.4, -0.2) is 22.1 Å². The molecule has 0 aromatic carbocycles. The number of rotatable bonds is 7. The second-order valence-electron chi connectivity index (χ2n) is 3.83. The summed E-state index contributed by atoms with van der Waals surface area (Å²) >= 11 is 0. The summed E-state index contributed by atoms with van der Waals surface area (Å²) in [6.07, 6.45) is 8.92. The van der Waals surface area contributed by atoms with Crippen LogP contribution in [0.4, 0.5) is 0 Å². The molecule has 0 saturated heterocycles. The molecule has 0 saturated carbocycles. The topological polar surface area (TPSA) is 29.9 Å². The fourth-order valence-electron chi connectivity index (χ4n) is 1.60. The zero-order valence-electron chi connectivity index (χ0n) is 9.74. The minimum Gasteiger partial charge on any atom is -0.338 e. The number of aryl methyl sites for hydroxylation is 1. The van der Waals surface area contributed by atoms with Gasteiger partial charge in [0.15, 0.2) is 0 Å². The normalized spacial score (nSPS) is 12.7. The summed E-state index contributed by atoms with van der Waals surface area (Å²) in [7, 11) is 2.03. The molecule has 0 aliphatic heterocycles. The molecule has 15 heavy (non-hydrogen) atoms. The van der Waals surface area contributed by atoms with Crippen molar-refractivity contribution in [1.82, 2.24) is 14.9 Å². The smallest absolute Gasteiger partial charge is 0.109 e. The van der Waals surface area contributed by atoms with Gasteiger partial charge in [0.25, 0.3) is 0 Å². The van der Waals surface area contributed by atoms with E-state index in [0.717, 1.165) is 31.6 Å². The number of hydrogen-bond donors (Lipinski definition) is 1. The molecule has 3 heteroatoms. The van der Waals surface area contributed by atoms with Crippen LogP contribution in [0.3, 0.4) is 0 Å². The average Bonchev–Trinajstić information content (AvgIpc) is 2.61. The molecule has 0 aliphatic carbocycles. The molecule has 1 unspecified atom stereocenters. The van der Waals surface area contributed by atoms with E-state index in [4.69, 9.17) is 0 Å². The molecule has 1 aromatic heterocycles. The van der Waals surface area contributed by atoms with Crippen molar-refractivity contribution in [3.63, 3.8) is 0 Å². The Bertz CT molecular complexity index is 291. The van der Waals surface area contributed by atoms with Crippen molar-refractivity contribution in [2.75, 3.05) is 6.54 Å². The van der Waals surface area contributed by atoms with E-state index in [1.165, 1.54) is 0 Å². The zero-order valence-corrected chi connectivity index (χ0v) is 9.74. The molecule has 1 atom stereocenters. The summed E-state index contributed by atoms with van der Waals surface area (Å²) in [5.41, 5.74) is 0. The molecule has 1 heterocycles. The largest absolute Gasteiger partial charge is 0.338 e. The van der Waals surface area contributed by atoms with Gasteiger partial charge in [-0.25, -0.2) is 4.98 Å². The SMILES string of the molecule is C=CCC(Cc1nccn1C)NCCC. The lowest BCUT2D eigenvalue weighted by molar-refractivity contribution is 0.496. The second kappa shape index (κ2) is 6.40. The zero-order chi connectivity index (χ0) is 11.1. The van der Waals surface area contributed by atoms with Gasteiger partial charge in [0.05, 0.1) is 0 Å². The summed E-state index contributed by atoms with van der Waals surface area (Å²) in [6, 6.07) is 0.462. The summed E-state index contributed by atoms with van der Waals surface area (Å²) in [4.78, 5) is 4.33. The van der Waals surface area contributed by atoms with E-state index in [1.807, 2.05) is 25.5 Å². The third kappa shape index (κ3) is 3.88. The fraction of sp³-hybridized carbons (Fsp3) is 0.583. The summed E-state index contributed by atoms with van der Waals surface area (Å²) in [5.74, 6) is 1.13. The van der Waals surface area contributed by atoms with E-state index in [0.29, 0.717) is 6.04 Å². The maximum absolute atomic E-state index is 4.33. The predicted octanol–water partition coefficient (Wildman–Crippen LogP) is 1.91. The van der Waals surface area contributed by atoms with Crippen LogP contribution in [0.25, 0.3) is 0 Å². The van der Waals surface area contributed by atoms with Crippen LogP contribution < -0.4 is 5.32 Å². The molecule has 0 fully saturated rings. The molecule has 0 bridgehead atoms. The van der Waals surface area contributed by atoms with Crippen molar-refractivity contribution in [2.24, 2.45) is 7.05 Å². The van der Waals surface area contributed by atoms with Crippen LogP contribution >= 0.6 is 0 Å². The second-order valence-corrected chi connectivity index (χ2v) is 3.83. The molecule has 0 aliphatic rings. The highest BCUT2D eigenvalue weighted by atomic mass is 15.0. The van der Waals surface area contributed by atoms with Gasteiger partial charge in [-0.1, -0.05) is 13.0 Å². The minimum absolute atomic E-state index is 0.462. The van der Waals surface area contributed by atoms with Crippen LogP contribution in [0.15, 0.2) is 25.0 Å². The van der Waals surface area contributed by atoms with E-state index < -0.39 is 0 Å². The predicted molar refractivity (Wildman–Crippen MR) is 63.8 cm³/mol. The van der Waals surface area contributed by atoms with Gasteiger partial charge in [-0.2, -0.15) is 0 Å². The Morgan fingerprint density at radius 1 is 1.67 bits per heavy atom. The highest BCUT2D eigenvalue weighted by Crippen LogP contribution is 2.03. The Labute approximate surface area is 92.2 Å². The Balaban J connectivity index is 2.50. The monoisotopic (exact) mass is 207 g/mol. The quantitative estimate of drug-likeness (QED) is 0.692. The maximum atomic E-state index is 4.33. The molecule has 1 aromatic rings. The first-order chi connectivity index (χ1) is 7.27. The fourth-order valence-corrected chi connectivity index (χ4v) is 1.60. The molecular formula is C12H21N3. The lowest BCUT2D eigenvalue weighted by Gasteiger charge is -2.16. The molecular weight excluding hydrogens is 186 g/mol. The standard InChI is InChI=1S/C12H21N3/c1-4-6-11(13-7-5-2)10-12-14-8-9-15(12)3/h4,8-9,11,13H,1,5-7,10H2,2-3H3. The minimum atomic E-state index is 0.462. The highest BCUT2D eigenvalue weighted by Gasteiger charge is 2.09. The Hall–Kier alpha value is -1.09. The Morgan fingerprint density at radius 3 is 3.00 bits per heavy atom. The van der Waals surface area contributed by atoms with Crippen LogP contribution in [0.5, 0.6) is 0 Å². The number of imidazole rings is 1. The number of nitrogens with zero attached hydrogens (tertiary/aromatic N) is 2. The van der Waals surface area contributed by atoms with Crippen molar-refractivity contribution >= 4 is 0 Å². The van der Waals surface area contributed by atoms with Gasteiger partial charge < -0.3 is 9.88 Å². The molecule has 1 N–H and O–H groups in total. The van der Waals surface area contributed by atoms with Gasteiger partial charge in [-0.05, 0) is 19.4 Å². The number of aromatic nitrogens is 2. The Morgan fingerprint density at radius 2 is 2.47 bits per heavy atom. The molecule has 0 amide bonds. The molecule has 0 spiro atoms. The molecule has 0 radical (unpaired) electrons. The van der Waals surface area contributed by atoms with Gasteiger partial charge in [-0.15, -0.1) is 6.58 Å². The van der Waals surface area contributed by atoms with Crippen molar-refractivity contribution < 1.29 is 0 Å². The number of nitrogens with one attached hydrogen (secondary N) is 1. The lowest BCUT2D eigenvalue weighted by atomic mass is 10.1. The summed E-state index contributed by atoms with van der Waals surface area (Å²) in [5, 5.41) is 3.51. The summed E-state index contributed by atoms with van der Waals surface area (Å²) < 4.78 is 2.07. The first-order valence-electron chi connectivity index (χ1n) is 5.58. The third-order valence-electron chi connectivity index (χ3n) is 2.48. The number of hydrogen-bond acceptors (Lipinski definition) is 2. The third-order valence-corrected chi connectivity index (χ3v) is 2.48. The molecule has 3 nitrogen and oxygen atoms in total.